The van der Waals surface area contributed by atoms with Crippen LogP contribution in [0.5, 0.6) is 0 Å². The number of halogens is 2. The van der Waals surface area contributed by atoms with E-state index in [0.717, 1.165) is 43.8 Å². The van der Waals surface area contributed by atoms with E-state index in [1.165, 1.54) is 6.07 Å². The Balaban J connectivity index is 1.18. The molecule has 1 aliphatic heterocycles. The van der Waals surface area contributed by atoms with Gasteiger partial charge >= 0.3 is 6.01 Å². The molecule has 0 radical (unpaired) electrons. The highest BCUT2D eigenvalue weighted by molar-refractivity contribution is 5.51. The molecule has 3 aromatic heterocycles. The van der Waals surface area contributed by atoms with E-state index >= 15 is 0 Å². The lowest BCUT2D eigenvalue weighted by Crippen LogP contribution is -2.33. The number of H-pyrrole nitrogens is 1. The Morgan fingerprint density at radius 1 is 1.06 bits per heavy atom. The van der Waals surface area contributed by atoms with Crippen molar-refractivity contribution in [3.63, 3.8) is 0 Å². The highest BCUT2D eigenvalue weighted by Crippen LogP contribution is 2.29. The van der Waals surface area contributed by atoms with E-state index < -0.39 is 11.6 Å². The van der Waals surface area contributed by atoms with Crippen molar-refractivity contribution in [2.45, 2.75) is 25.3 Å². The molecule has 0 atom stereocenters. The smallest absolute Gasteiger partial charge is 0.318 e. The summed E-state index contributed by atoms with van der Waals surface area (Å²) in [7, 11) is 0. The summed E-state index contributed by atoms with van der Waals surface area (Å²) in [6.45, 7) is 1.82. The van der Waals surface area contributed by atoms with Crippen molar-refractivity contribution in [1.29, 1.82) is 0 Å². The second-order valence-electron chi connectivity index (χ2n) is 7.44. The second-order valence-corrected chi connectivity index (χ2v) is 7.44. The molecule has 1 aliphatic rings. The standard InChI is InChI=1S/C20H19F2N9O/c21-15-2-1-12(7-16(15)22)8-23-19-24-9-14(10-25-19)18-28-29-20(32-18)31-5-3-13(4-6-31)17-11-26-30-27-17/h1-2,7,9-11,13H,3-6,8H2,(H,23,24,25)(H,26,27,30). The number of benzene rings is 1. The van der Waals surface area contributed by atoms with Gasteiger partial charge in [0.2, 0.25) is 5.95 Å². The maximum Gasteiger partial charge on any atom is 0.318 e. The van der Waals surface area contributed by atoms with Crippen molar-refractivity contribution < 1.29 is 13.2 Å². The fourth-order valence-corrected chi connectivity index (χ4v) is 3.59. The van der Waals surface area contributed by atoms with Gasteiger partial charge in [0, 0.05) is 37.9 Å². The lowest BCUT2D eigenvalue weighted by molar-refractivity contribution is 0.456. The Kier molecular flexibility index (Phi) is 5.40. The lowest BCUT2D eigenvalue weighted by atomic mass is 9.94. The first-order valence-corrected chi connectivity index (χ1v) is 10.1. The van der Waals surface area contributed by atoms with Gasteiger partial charge in [-0.25, -0.2) is 18.7 Å². The fraction of sp³-hybridized carbons (Fsp3) is 0.300. The zero-order chi connectivity index (χ0) is 21.9. The molecule has 10 nitrogen and oxygen atoms in total. The first kappa shape index (κ1) is 20.0. The molecular weight excluding hydrogens is 420 g/mol. The highest BCUT2D eigenvalue weighted by atomic mass is 19.2. The molecule has 0 bridgehead atoms. The van der Waals surface area contributed by atoms with Crippen molar-refractivity contribution in [2.75, 3.05) is 23.3 Å². The summed E-state index contributed by atoms with van der Waals surface area (Å²) in [4.78, 5) is 10.5. The summed E-state index contributed by atoms with van der Waals surface area (Å²) in [5, 5.41) is 21.9. The van der Waals surface area contributed by atoms with Gasteiger partial charge in [0.05, 0.1) is 17.5 Å². The van der Waals surface area contributed by atoms with E-state index in [4.69, 9.17) is 4.42 Å². The van der Waals surface area contributed by atoms with Crippen LogP contribution in [0.3, 0.4) is 0 Å². The quantitative estimate of drug-likeness (QED) is 0.467. The molecule has 0 amide bonds. The third-order valence-electron chi connectivity index (χ3n) is 5.37. The normalized spacial score (nSPS) is 14.6. The van der Waals surface area contributed by atoms with E-state index in [9.17, 15) is 8.78 Å². The highest BCUT2D eigenvalue weighted by Gasteiger charge is 2.25. The van der Waals surface area contributed by atoms with Crippen LogP contribution in [0, 0.1) is 11.6 Å². The molecule has 1 aromatic carbocycles. The Bertz CT molecular complexity index is 1170. The first-order valence-electron chi connectivity index (χ1n) is 10.1. The van der Waals surface area contributed by atoms with Gasteiger partial charge in [0.1, 0.15) is 0 Å². The number of nitrogens with zero attached hydrogens (tertiary/aromatic N) is 7. The number of nitrogens with one attached hydrogen (secondary N) is 2. The van der Waals surface area contributed by atoms with Crippen LogP contribution < -0.4 is 10.2 Å². The van der Waals surface area contributed by atoms with Gasteiger partial charge in [-0.15, -0.1) is 5.10 Å². The van der Waals surface area contributed by atoms with Gasteiger partial charge in [-0.1, -0.05) is 11.2 Å². The van der Waals surface area contributed by atoms with Gasteiger partial charge in [-0.05, 0) is 30.5 Å². The van der Waals surface area contributed by atoms with E-state index in [1.807, 2.05) is 4.90 Å². The number of rotatable bonds is 6. The van der Waals surface area contributed by atoms with Gasteiger partial charge in [-0.2, -0.15) is 15.4 Å². The van der Waals surface area contributed by atoms with Crippen molar-refractivity contribution in [2.24, 2.45) is 0 Å². The summed E-state index contributed by atoms with van der Waals surface area (Å²) in [5.41, 5.74) is 2.14. The van der Waals surface area contributed by atoms with Crippen LogP contribution in [0.25, 0.3) is 11.5 Å². The van der Waals surface area contributed by atoms with Crippen LogP contribution in [0.15, 0.2) is 41.2 Å². The number of hydrogen-bond donors (Lipinski definition) is 2. The molecule has 2 N–H and O–H groups in total. The van der Waals surface area contributed by atoms with Crippen LogP contribution in [0.1, 0.15) is 30.0 Å². The Morgan fingerprint density at radius 3 is 2.59 bits per heavy atom. The molecule has 1 saturated heterocycles. The van der Waals surface area contributed by atoms with E-state index in [1.54, 1.807) is 18.6 Å². The lowest BCUT2D eigenvalue weighted by Gasteiger charge is -2.29. The minimum atomic E-state index is -0.893. The minimum absolute atomic E-state index is 0.256. The molecule has 0 unspecified atom stereocenters. The molecule has 4 heterocycles. The molecule has 0 spiro atoms. The Morgan fingerprint density at radius 2 is 1.88 bits per heavy atom. The van der Waals surface area contributed by atoms with E-state index in [0.29, 0.717) is 34.9 Å². The number of aromatic nitrogens is 7. The molecule has 5 rings (SSSR count). The van der Waals surface area contributed by atoms with E-state index in [-0.39, 0.29) is 6.54 Å². The van der Waals surface area contributed by atoms with Crippen LogP contribution in [-0.4, -0.2) is 48.7 Å². The summed E-state index contributed by atoms with van der Waals surface area (Å²) in [5.74, 6) is -0.742. The first-order chi connectivity index (χ1) is 15.7. The van der Waals surface area contributed by atoms with Crippen LogP contribution in [-0.2, 0) is 6.54 Å². The predicted molar refractivity (Wildman–Crippen MR) is 110 cm³/mol. The molecule has 0 saturated carbocycles. The number of piperidine rings is 1. The molecular formula is C20H19F2N9O. The van der Waals surface area contributed by atoms with Gasteiger partial charge in [0.25, 0.3) is 5.89 Å². The minimum Gasteiger partial charge on any atom is -0.403 e. The number of anilines is 2. The second kappa shape index (κ2) is 8.65. The fourth-order valence-electron chi connectivity index (χ4n) is 3.59. The van der Waals surface area contributed by atoms with Crippen molar-refractivity contribution in [1.82, 2.24) is 35.6 Å². The SMILES string of the molecule is Fc1ccc(CNc2ncc(-c3nnc(N4CCC(c5cn[nH]n5)CC4)o3)cn2)cc1F. The zero-order valence-electron chi connectivity index (χ0n) is 16.9. The average molecular weight is 439 g/mol. The van der Waals surface area contributed by atoms with Gasteiger partial charge in [0.15, 0.2) is 11.6 Å². The van der Waals surface area contributed by atoms with Crippen LogP contribution in [0.2, 0.25) is 0 Å². The van der Waals surface area contributed by atoms with Gasteiger partial charge < -0.3 is 14.6 Å². The number of aromatic amines is 1. The topological polar surface area (TPSA) is 122 Å². The summed E-state index contributed by atoms with van der Waals surface area (Å²) in [6.07, 6.45) is 6.74. The Hall–Kier alpha value is -3.96. The molecule has 32 heavy (non-hydrogen) atoms. The molecule has 1 fully saturated rings. The maximum atomic E-state index is 13.3. The number of hydrogen-bond acceptors (Lipinski definition) is 9. The van der Waals surface area contributed by atoms with Crippen LogP contribution in [0.4, 0.5) is 20.7 Å². The zero-order valence-corrected chi connectivity index (χ0v) is 16.9. The average Bonchev–Trinajstić information content (AvgIpc) is 3.53. The summed E-state index contributed by atoms with van der Waals surface area (Å²) >= 11 is 0. The molecule has 0 aliphatic carbocycles. The van der Waals surface area contributed by atoms with Crippen LogP contribution >= 0.6 is 0 Å². The third-order valence-corrected chi connectivity index (χ3v) is 5.37. The summed E-state index contributed by atoms with van der Waals surface area (Å²) < 4.78 is 32.1. The predicted octanol–water partition coefficient (Wildman–Crippen LogP) is 2.92. The molecule has 12 heteroatoms. The Labute approximate surface area is 181 Å². The third kappa shape index (κ3) is 4.24. The van der Waals surface area contributed by atoms with Crippen molar-refractivity contribution in [3.8, 4) is 11.5 Å². The van der Waals surface area contributed by atoms with E-state index in [2.05, 4.69) is 40.9 Å². The van der Waals surface area contributed by atoms with Gasteiger partial charge in [-0.3, -0.25) is 0 Å². The largest absolute Gasteiger partial charge is 0.403 e. The van der Waals surface area contributed by atoms with Crippen molar-refractivity contribution >= 4 is 12.0 Å². The maximum absolute atomic E-state index is 13.3. The summed E-state index contributed by atoms with van der Waals surface area (Å²) in [6, 6.07) is 4.17. The molecule has 164 valence electrons. The van der Waals surface area contributed by atoms with Crippen molar-refractivity contribution in [3.05, 3.63) is 59.7 Å². The monoisotopic (exact) mass is 439 g/mol. The molecule has 4 aromatic rings.